The summed E-state index contributed by atoms with van der Waals surface area (Å²) in [7, 11) is 0. The lowest BCUT2D eigenvalue weighted by atomic mass is 10.2. The van der Waals surface area contributed by atoms with Gasteiger partial charge >= 0.3 is 0 Å². The fourth-order valence-electron chi connectivity index (χ4n) is 1.78. The first-order valence-corrected chi connectivity index (χ1v) is 6.69. The van der Waals surface area contributed by atoms with E-state index in [-0.39, 0.29) is 5.89 Å². The molecule has 3 aromatic rings. The van der Waals surface area contributed by atoms with Crippen molar-refractivity contribution in [1.82, 2.24) is 20.1 Å². The number of hydrogen-bond donors (Lipinski definition) is 1. The number of rotatable bonds is 2. The molecule has 0 atom stereocenters. The van der Waals surface area contributed by atoms with Gasteiger partial charge in [-0.25, -0.2) is 9.97 Å². The van der Waals surface area contributed by atoms with Crippen LogP contribution in [0.3, 0.4) is 0 Å². The first-order chi connectivity index (χ1) is 10.0. The molecular weight excluding hydrogens is 313 g/mol. The third-order valence-corrected chi connectivity index (χ3v) is 3.29. The van der Waals surface area contributed by atoms with Crippen LogP contribution in [0.15, 0.2) is 28.9 Å². The minimum absolute atomic E-state index is 0.225. The average Bonchev–Trinajstić information content (AvgIpc) is 2.92. The Labute approximate surface area is 129 Å². The van der Waals surface area contributed by atoms with E-state index in [9.17, 15) is 0 Å². The van der Waals surface area contributed by atoms with E-state index in [0.717, 1.165) is 0 Å². The van der Waals surface area contributed by atoms with Gasteiger partial charge in [0.15, 0.2) is 0 Å². The molecule has 106 valence electrons. The van der Waals surface area contributed by atoms with Gasteiger partial charge in [0.25, 0.3) is 5.89 Å². The average molecular weight is 322 g/mol. The largest absolute Gasteiger partial charge is 0.397 e. The summed E-state index contributed by atoms with van der Waals surface area (Å²) in [5.41, 5.74) is 7.28. The number of aromatic nitrogens is 4. The van der Waals surface area contributed by atoms with Crippen LogP contribution in [0, 0.1) is 6.92 Å². The Hall–Kier alpha value is -2.18. The van der Waals surface area contributed by atoms with E-state index in [2.05, 4.69) is 20.1 Å². The second-order valence-electron chi connectivity index (χ2n) is 4.26. The van der Waals surface area contributed by atoms with Gasteiger partial charge in [-0.3, -0.25) is 0 Å². The molecule has 0 radical (unpaired) electrons. The number of nitrogens with two attached hydrogens (primary N) is 1. The molecule has 1 aromatic carbocycles. The Balaban J connectivity index is 2.07. The molecule has 6 nitrogen and oxygen atoms in total. The predicted octanol–water partition coefficient (Wildman–Crippen LogP) is 3.39. The summed E-state index contributed by atoms with van der Waals surface area (Å²) < 4.78 is 5.22. The molecule has 0 amide bonds. The van der Waals surface area contributed by atoms with E-state index >= 15 is 0 Å². The van der Waals surface area contributed by atoms with Gasteiger partial charge in [0.1, 0.15) is 11.5 Å². The maximum absolute atomic E-state index is 5.99. The second-order valence-corrected chi connectivity index (χ2v) is 5.10. The smallest absolute Gasteiger partial charge is 0.260 e. The Morgan fingerprint density at radius 1 is 1.19 bits per heavy atom. The number of halogens is 2. The highest BCUT2D eigenvalue weighted by Crippen LogP contribution is 2.34. The Bertz CT molecular complexity index is 818. The van der Waals surface area contributed by atoms with Gasteiger partial charge in [0, 0.05) is 11.2 Å². The minimum Gasteiger partial charge on any atom is -0.397 e. The van der Waals surface area contributed by atoms with Crippen molar-refractivity contribution in [3.63, 3.8) is 0 Å². The molecule has 0 aliphatic carbocycles. The van der Waals surface area contributed by atoms with Crippen molar-refractivity contribution >= 4 is 28.9 Å². The monoisotopic (exact) mass is 321 g/mol. The van der Waals surface area contributed by atoms with E-state index < -0.39 is 0 Å². The van der Waals surface area contributed by atoms with Gasteiger partial charge in [0.2, 0.25) is 5.82 Å². The van der Waals surface area contributed by atoms with Gasteiger partial charge in [0.05, 0.1) is 16.3 Å². The lowest BCUT2D eigenvalue weighted by molar-refractivity contribution is 0.432. The third kappa shape index (κ3) is 2.68. The van der Waals surface area contributed by atoms with Gasteiger partial charge in [-0.2, -0.15) is 4.98 Å². The number of hydrogen-bond acceptors (Lipinski definition) is 6. The molecule has 8 heteroatoms. The van der Waals surface area contributed by atoms with Crippen LogP contribution in [0.1, 0.15) is 5.82 Å². The molecule has 0 bridgehead atoms. The molecule has 0 saturated carbocycles. The first kappa shape index (κ1) is 13.8. The Kier molecular flexibility index (Phi) is 3.48. The van der Waals surface area contributed by atoms with Crippen LogP contribution in [-0.4, -0.2) is 20.1 Å². The third-order valence-electron chi connectivity index (χ3n) is 2.76. The molecule has 0 fully saturated rings. The summed E-state index contributed by atoms with van der Waals surface area (Å²) in [6.45, 7) is 1.78. The lowest BCUT2D eigenvalue weighted by Crippen LogP contribution is -1.93. The molecular formula is C13H9Cl2N5O. The number of nitrogen functional groups attached to an aromatic ring is 1. The SMILES string of the molecule is Cc1nccc(-c2noc(-c3cc(Cl)cc(Cl)c3N)n2)n1. The zero-order valence-corrected chi connectivity index (χ0v) is 12.4. The summed E-state index contributed by atoms with van der Waals surface area (Å²) in [6.07, 6.45) is 1.62. The van der Waals surface area contributed by atoms with Crippen LogP contribution in [0.2, 0.25) is 10.0 Å². The van der Waals surface area contributed by atoms with Crippen molar-refractivity contribution in [3.05, 3.63) is 40.3 Å². The van der Waals surface area contributed by atoms with Crippen LogP contribution >= 0.6 is 23.2 Å². The molecule has 2 N–H and O–H groups in total. The summed E-state index contributed by atoms with van der Waals surface area (Å²) in [5, 5.41) is 4.65. The van der Waals surface area contributed by atoms with E-state index in [1.54, 1.807) is 31.3 Å². The van der Waals surface area contributed by atoms with Crippen molar-refractivity contribution in [2.24, 2.45) is 0 Å². The Morgan fingerprint density at radius 3 is 2.76 bits per heavy atom. The van der Waals surface area contributed by atoms with E-state index in [1.807, 2.05) is 0 Å². The van der Waals surface area contributed by atoms with Gasteiger partial charge in [-0.05, 0) is 25.1 Å². The maximum Gasteiger partial charge on any atom is 0.260 e. The van der Waals surface area contributed by atoms with Crippen molar-refractivity contribution in [3.8, 4) is 23.0 Å². The number of nitrogens with zero attached hydrogens (tertiary/aromatic N) is 4. The molecule has 2 heterocycles. The van der Waals surface area contributed by atoms with Gasteiger partial charge in [-0.1, -0.05) is 28.4 Å². The van der Waals surface area contributed by atoms with E-state index in [4.69, 9.17) is 33.5 Å². The number of aryl methyl sites for hydroxylation is 1. The maximum atomic E-state index is 5.99. The molecule has 0 saturated heterocycles. The van der Waals surface area contributed by atoms with Crippen LogP contribution in [0.25, 0.3) is 23.0 Å². The molecule has 0 unspecified atom stereocenters. The van der Waals surface area contributed by atoms with E-state index in [1.165, 1.54) is 0 Å². The van der Waals surface area contributed by atoms with E-state index in [0.29, 0.717) is 38.6 Å². The first-order valence-electron chi connectivity index (χ1n) is 5.93. The number of anilines is 1. The van der Waals surface area contributed by atoms with Crippen molar-refractivity contribution in [2.75, 3.05) is 5.73 Å². The van der Waals surface area contributed by atoms with Crippen molar-refractivity contribution in [2.45, 2.75) is 6.92 Å². The fourth-order valence-corrected chi connectivity index (χ4v) is 2.27. The fraction of sp³-hybridized carbons (Fsp3) is 0.0769. The summed E-state index contributed by atoms with van der Waals surface area (Å²) in [5.74, 6) is 1.18. The van der Waals surface area contributed by atoms with Crippen LogP contribution in [0.5, 0.6) is 0 Å². The Morgan fingerprint density at radius 2 is 2.00 bits per heavy atom. The standard InChI is InChI=1S/C13H9Cl2N5O/c1-6-17-3-2-10(18-6)12-19-13(21-20-12)8-4-7(14)5-9(15)11(8)16/h2-5H,16H2,1H3. The second kappa shape index (κ2) is 5.31. The van der Waals surface area contributed by atoms with Gasteiger partial charge < -0.3 is 10.3 Å². The van der Waals surface area contributed by atoms with Crippen molar-refractivity contribution in [1.29, 1.82) is 0 Å². The van der Waals surface area contributed by atoms with Crippen LogP contribution in [-0.2, 0) is 0 Å². The van der Waals surface area contributed by atoms with Gasteiger partial charge in [-0.15, -0.1) is 0 Å². The van der Waals surface area contributed by atoms with Crippen LogP contribution in [0.4, 0.5) is 5.69 Å². The highest BCUT2D eigenvalue weighted by molar-refractivity contribution is 6.37. The molecule has 0 spiro atoms. The predicted molar refractivity (Wildman–Crippen MR) is 79.9 cm³/mol. The minimum atomic E-state index is 0.225. The highest BCUT2D eigenvalue weighted by atomic mass is 35.5. The summed E-state index contributed by atoms with van der Waals surface area (Å²) >= 11 is 12.0. The zero-order chi connectivity index (χ0) is 15.0. The molecule has 0 aliphatic rings. The normalized spacial score (nSPS) is 10.8. The lowest BCUT2D eigenvalue weighted by Gasteiger charge is -2.03. The number of benzene rings is 1. The molecule has 3 rings (SSSR count). The zero-order valence-electron chi connectivity index (χ0n) is 10.8. The van der Waals surface area contributed by atoms with Crippen molar-refractivity contribution < 1.29 is 4.52 Å². The molecule has 0 aliphatic heterocycles. The van der Waals surface area contributed by atoms with Crippen LogP contribution < -0.4 is 5.73 Å². The quantitative estimate of drug-likeness (QED) is 0.727. The molecule has 21 heavy (non-hydrogen) atoms. The highest BCUT2D eigenvalue weighted by Gasteiger charge is 2.16. The summed E-state index contributed by atoms with van der Waals surface area (Å²) in [4.78, 5) is 12.5. The topological polar surface area (TPSA) is 90.7 Å². The summed E-state index contributed by atoms with van der Waals surface area (Å²) in [6, 6.07) is 4.86. The molecule has 2 aromatic heterocycles.